The van der Waals surface area contributed by atoms with Crippen LogP contribution in [0.1, 0.15) is 11.1 Å². The van der Waals surface area contributed by atoms with Gasteiger partial charge in [0.25, 0.3) is 0 Å². The number of alkyl halides is 1. The second-order valence-electron chi connectivity index (χ2n) is 3.98. The van der Waals surface area contributed by atoms with Gasteiger partial charge in [0, 0.05) is 0 Å². The predicted octanol–water partition coefficient (Wildman–Crippen LogP) is 2.39. The van der Waals surface area contributed by atoms with E-state index in [9.17, 15) is 14.3 Å². The minimum atomic E-state index is -2.01. The first kappa shape index (κ1) is 13.2. The molecule has 0 fully saturated rings. The second-order valence-corrected chi connectivity index (χ2v) is 3.98. The molecule has 3 nitrogen and oxygen atoms in total. The van der Waals surface area contributed by atoms with Crippen LogP contribution in [0, 0.1) is 0 Å². The van der Waals surface area contributed by atoms with Crippen molar-refractivity contribution in [1.82, 2.24) is 0 Å². The molecule has 0 atom stereocenters. The maximum atomic E-state index is 12.3. The molecule has 2 aromatic carbocycles. The molecule has 0 aliphatic carbocycles. The summed E-state index contributed by atoms with van der Waals surface area (Å²) >= 11 is 0. The van der Waals surface area contributed by atoms with Crippen LogP contribution in [-0.4, -0.2) is 17.9 Å². The lowest BCUT2D eigenvalue weighted by Gasteiger charge is -2.26. The van der Waals surface area contributed by atoms with Gasteiger partial charge in [-0.3, -0.25) is 0 Å². The molecular weight excluding hydrogens is 247 g/mol. The van der Waals surface area contributed by atoms with E-state index in [2.05, 4.69) is 4.74 Å². The summed E-state index contributed by atoms with van der Waals surface area (Å²) in [6, 6.07) is 16.6. The number of hydrogen-bond donors (Lipinski definition) is 1. The third-order valence-electron chi connectivity index (χ3n) is 2.86. The highest BCUT2D eigenvalue weighted by molar-refractivity contribution is 5.85. The fraction of sp³-hybridized carbons (Fsp3) is 0.133. The van der Waals surface area contributed by atoms with E-state index in [1.54, 1.807) is 60.7 Å². The van der Waals surface area contributed by atoms with E-state index >= 15 is 0 Å². The van der Waals surface area contributed by atoms with Gasteiger partial charge in [-0.1, -0.05) is 60.7 Å². The van der Waals surface area contributed by atoms with E-state index in [1.807, 2.05) is 0 Å². The van der Waals surface area contributed by atoms with Crippen LogP contribution in [-0.2, 0) is 15.1 Å². The highest BCUT2D eigenvalue weighted by Gasteiger charge is 2.41. The number of rotatable bonds is 4. The number of carbonyl (C=O) groups is 1. The summed E-state index contributed by atoms with van der Waals surface area (Å²) in [7, 11) is 0. The number of halogens is 1. The monoisotopic (exact) mass is 260 g/mol. The van der Waals surface area contributed by atoms with Crippen molar-refractivity contribution in [2.45, 2.75) is 5.60 Å². The van der Waals surface area contributed by atoms with E-state index in [-0.39, 0.29) is 0 Å². The van der Waals surface area contributed by atoms with E-state index in [4.69, 9.17) is 0 Å². The van der Waals surface area contributed by atoms with Gasteiger partial charge in [-0.15, -0.1) is 0 Å². The summed E-state index contributed by atoms with van der Waals surface area (Å²) < 4.78 is 16.6. The Morgan fingerprint density at radius 1 is 1.00 bits per heavy atom. The minimum Gasteiger partial charge on any atom is -0.431 e. The molecule has 0 saturated carbocycles. The van der Waals surface area contributed by atoms with Gasteiger partial charge in [0.15, 0.2) is 0 Å². The van der Waals surface area contributed by atoms with Crippen LogP contribution in [0.3, 0.4) is 0 Å². The summed E-state index contributed by atoms with van der Waals surface area (Å²) in [5.74, 6) is -1.03. The Kier molecular flexibility index (Phi) is 3.92. The van der Waals surface area contributed by atoms with E-state index < -0.39 is 18.4 Å². The first-order valence-electron chi connectivity index (χ1n) is 5.76. The molecule has 19 heavy (non-hydrogen) atoms. The van der Waals surface area contributed by atoms with Crippen LogP contribution >= 0.6 is 0 Å². The minimum absolute atomic E-state index is 0.333. The first-order chi connectivity index (χ1) is 9.19. The van der Waals surface area contributed by atoms with Crippen molar-refractivity contribution in [3.63, 3.8) is 0 Å². The Morgan fingerprint density at radius 3 is 1.79 bits per heavy atom. The molecule has 0 aromatic heterocycles. The molecule has 0 radical (unpaired) electrons. The molecule has 0 saturated heterocycles. The average Bonchev–Trinajstić information content (AvgIpc) is 2.48. The van der Waals surface area contributed by atoms with Crippen LogP contribution in [0.4, 0.5) is 4.39 Å². The first-order valence-corrected chi connectivity index (χ1v) is 5.76. The lowest BCUT2D eigenvalue weighted by atomic mass is 9.86. The van der Waals surface area contributed by atoms with Crippen molar-refractivity contribution < 1.29 is 19.0 Å². The quantitative estimate of drug-likeness (QED) is 0.859. The van der Waals surface area contributed by atoms with Crippen molar-refractivity contribution >= 4 is 5.97 Å². The van der Waals surface area contributed by atoms with Gasteiger partial charge in [-0.05, 0) is 11.1 Å². The van der Waals surface area contributed by atoms with Gasteiger partial charge in [0.05, 0.1) is 0 Å². The van der Waals surface area contributed by atoms with Crippen LogP contribution < -0.4 is 0 Å². The Labute approximate surface area is 110 Å². The summed E-state index contributed by atoms with van der Waals surface area (Å²) in [5.41, 5.74) is -1.34. The van der Waals surface area contributed by atoms with E-state index in [0.29, 0.717) is 11.1 Å². The summed E-state index contributed by atoms with van der Waals surface area (Å²) in [6.45, 7) is -1.28. The molecular formula is C15H13FO3. The summed E-state index contributed by atoms with van der Waals surface area (Å²) in [5, 5.41) is 10.7. The molecule has 0 spiro atoms. The molecule has 1 N–H and O–H groups in total. The number of ether oxygens (including phenoxy) is 1. The van der Waals surface area contributed by atoms with Gasteiger partial charge >= 0.3 is 5.97 Å². The van der Waals surface area contributed by atoms with Crippen LogP contribution in [0.25, 0.3) is 0 Å². The SMILES string of the molecule is O=C(OCF)C(O)(c1ccccc1)c1ccccc1. The zero-order valence-corrected chi connectivity index (χ0v) is 10.1. The van der Waals surface area contributed by atoms with Gasteiger partial charge in [-0.2, -0.15) is 0 Å². The lowest BCUT2D eigenvalue weighted by Crippen LogP contribution is -2.38. The predicted molar refractivity (Wildman–Crippen MR) is 67.9 cm³/mol. The standard InChI is InChI=1S/C15H13FO3/c16-11-19-14(17)15(18,12-7-3-1-4-8-12)13-9-5-2-6-10-13/h1-10,18H,11H2. The molecule has 4 heteroatoms. The smallest absolute Gasteiger partial charge is 0.350 e. The second kappa shape index (κ2) is 5.63. The number of benzene rings is 2. The zero-order valence-electron chi connectivity index (χ0n) is 10.1. The Morgan fingerprint density at radius 2 is 1.42 bits per heavy atom. The maximum Gasteiger partial charge on any atom is 0.350 e. The molecule has 0 heterocycles. The summed E-state index contributed by atoms with van der Waals surface area (Å²) in [4.78, 5) is 12.0. The van der Waals surface area contributed by atoms with Crippen molar-refractivity contribution in [2.75, 3.05) is 6.86 Å². The third-order valence-corrected chi connectivity index (χ3v) is 2.86. The number of aliphatic hydroxyl groups is 1. The fourth-order valence-corrected chi connectivity index (χ4v) is 1.92. The highest BCUT2D eigenvalue weighted by atomic mass is 19.1. The third kappa shape index (κ3) is 2.48. The van der Waals surface area contributed by atoms with E-state index in [0.717, 1.165) is 0 Å². The molecule has 0 bridgehead atoms. The van der Waals surface area contributed by atoms with Gasteiger partial charge in [-0.25, -0.2) is 9.18 Å². The highest BCUT2D eigenvalue weighted by Crippen LogP contribution is 2.30. The summed E-state index contributed by atoms with van der Waals surface area (Å²) in [6.07, 6.45) is 0. The van der Waals surface area contributed by atoms with E-state index in [1.165, 1.54) is 0 Å². The van der Waals surface area contributed by atoms with Crippen LogP contribution in [0.2, 0.25) is 0 Å². The van der Waals surface area contributed by atoms with Crippen molar-refractivity contribution in [3.05, 3.63) is 71.8 Å². The van der Waals surface area contributed by atoms with Gasteiger partial charge in [0.2, 0.25) is 12.5 Å². The van der Waals surface area contributed by atoms with Crippen molar-refractivity contribution in [2.24, 2.45) is 0 Å². The van der Waals surface area contributed by atoms with Gasteiger partial charge in [0.1, 0.15) is 0 Å². The zero-order chi connectivity index (χ0) is 13.7. The average molecular weight is 260 g/mol. The topological polar surface area (TPSA) is 46.5 Å². The Hall–Kier alpha value is -2.20. The Bertz CT molecular complexity index is 500. The number of hydrogen-bond acceptors (Lipinski definition) is 3. The molecule has 0 aliphatic rings. The normalized spacial score (nSPS) is 11.1. The molecule has 0 amide bonds. The molecule has 0 aliphatic heterocycles. The molecule has 2 rings (SSSR count). The van der Waals surface area contributed by atoms with Crippen LogP contribution in [0.5, 0.6) is 0 Å². The largest absolute Gasteiger partial charge is 0.431 e. The molecule has 98 valence electrons. The van der Waals surface area contributed by atoms with Crippen molar-refractivity contribution in [3.8, 4) is 0 Å². The maximum absolute atomic E-state index is 12.3. The van der Waals surface area contributed by atoms with Crippen molar-refractivity contribution in [1.29, 1.82) is 0 Å². The number of esters is 1. The molecule has 0 unspecified atom stereocenters. The lowest BCUT2D eigenvalue weighted by molar-refractivity contribution is -0.166. The Balaban J connectivity index is 2.54. The fourth-order valence-electron chi connectivity index (χ4n) is 1.92. The molecule has 2 aromatic rings. The number of carbonyl (C=O) groups excluding carboxylic acids is 1. The van der Waals surface area contributed by atoms with Crippen LogP contribution in [0.15, 0.2) is 60.7 Å². The van der Waals surface area contributed by atoms with Gasteiger partial charge < -0.3 is 9.84 Å².